The molecule has 0 radical (unpaired) electrons. The van der Waals surface area contributed by atoms with Gasteiger partial charge >= 0.3 is 6.01 Å². The average Bonchev–Trinajstić information content (AvgIpc) is 2.59. The van der Waals surface area contributed by atoms with Crippen LogP contribution in [-0.4, -0.2) is 37.6 Å². The maximum Gasteiger partial charge on any atom is 0.319 e. The lowest BCUT2D eigenvalue weighted by molar-refractivity contribution is 0.353. The van der Waals surface area contributed by atoms with E-state index in [1.807, 2.05) is 0 Å². The molecule has 0 saturated carbocycles. The second-order valence-corrected chi connectivity index (χ2v) is 7.02. The van der Waals surface area contributed by atoms with Crippen LogP contribution in [0.5, 0.6) is 11.9 Å². The minimum Gasteiger partial charge on any atom is -0.480 e. The monoisotopic (exact) mass is 398 g/mol. The average molecular weight is 399 g/mol. The van der Waals surface area contributed by atoms with E-state index in [2.05, 4.69) is 15.0 Å². The molecule has 0 aliphatic carbocycles. The Morgan fingerprint density at radius 3 is 2.50 bits per heavy atom. The van der Waals surface area contributed by atoms with Crippen molar-refractivity contribution in [3.05, 3.63) is 35.4 Å². The quantitative estimate of drug-likeness (QED) is 0.715. The Bertz CT molecular complexity index is 1120. The summed E-state index contributed by atoms with van der Waals surface area (Å²) in [6.45, 7) is 0. The molecule has 0 aliphatic heterocycles. The Kier molecular flexibility index (Phi) is 4.65. The third kappa shape index (κ3) is 3.14. The predicted octanol–water partition coefficient (Wildman–Crippen LogP) is 2.15. The summed E-state index contributed by atoms with van der Waals surface area (Å²) in [7, 11) is -1.34. The van der Waals surface area contributed by atoms with Crippen LogP contribution in [0.1, 0.15) is 0 Å². The van der Waals surface area contributed by atoms with Gasteiger partial charge in [-0.3, -0.25) is 4.98 Å². The third-order valence-electron chi connectivity index (χ3n) is 3.55. The number of nitrogens with two attached hydrogens (primary N) is 1. The van der Waals surface area contributed by atoms with Gasteiger partial charge in [-0.2, -0.15) is 4.98 Å². The number of hydrogen-bond acceptors (Lipinski definition) is 7. The lowest BCUT2D eigenvalue weighted by atomic mass is 10.1. The molecule has 26 heavy (non-hydrogen) atoms. The first-order valence-corrected chi connectivity index (χ1v) is 8.94. The van der Waals surface area contributed by atoms with Crippen molar-refractivity contribution in [1.82, 2.24) is 15.0 Å². The Labute approximate surface area is 152 Å². The van der Waals surface area contributed by atoms with E-state index in [1.54, 1.807) is 0 Å². The first-order valence-electron chi connectivity index (χ1n) is 7.02. The van der Waals surface area contributed by atoms with Gasteiger partial charge < -0.3 is 9.47 Å². The van der Waals surface area contributed by atoms with Gasteiger partial charge in [0.1, 0.15) is 10.7 Å². The molecule has 11 heteroatoms. The lowest BCUT2D eigenvalue weighted by Crippen LogP contribution is -2.13. The van der Waals surface area contributed by atoms with Crippen LogP contribution in [0.25, 0.3) is 22.0 Å². The highest BCUT2D eigenvalue weighted by atomic mass is 35.5. The molecule has 0 saturated heterocycles. The fourth-order valence-electron chi connectivity index (χ4n) is 2.38. The SMILES string of the molecule is COc1ncc(-c2cc(F)c3c(Cl)c(S(N)(=O)=O)cnc3c2)c(OC)n1. The van der Waals surface area contributed by atoms with Crippen LogP contribution in [0, 0.1) is 5.82 Å². The van der Waals surface area contributed by atoms with Gasteiger partial charge in [0.05, 0.1) is 35.7 Å². The third-order valence-corrected chi connectivity index (χ3v) is 4.98. The summed E-state index contributed by atoms with van der Waals surface area (Å²) < 4.78 is 47.8. The standard InChI is InChI=1S/C15H12ClFN4O4S/c1-24-14-8(5-20-15(21-14)25-2)7-3-9(17)12-10(4-7)19-6-11(13(12)16)26(18,22)23/h3-6H,1-2H3,(H2,18,22,23). The minimum atomic E-state index is -4.14. The van der Waals surface area contributed by atoms with E-state index in [4.69, 9.17) is 26.2 Å². The van der Waals surface area contributed by atoms with Gasteiger partial charge in [-0.1, -0.05) is 11.6 Å². The van der Waals surface area contributed by atoms with Crippen LogP contribution >= 0.6 is 11.6 Å². The van der Waals surface area contributed by atoms with Gasteiger partial charge in [0, 0.05) is 12.4 Å². The molecule has 1 aromatic carbocycles. The fourth-order valence-corrected chi connectivity index (χ4v) is 3.49. The Balaban J connectivity index is 2.26. The van der Waals surface area contributed by atoms with Crippen molar-refractivity contribution in [2.45, 2.75) is 4.90 Å². The van der Waals surface area contributed by atoms with E-state index in [1.165, 1.54) is 26.5 Å². The molecule has 3 aromatic rings. The summed E-state index contributed by atoms with van der Waals surface area (Å²) in [4.78, 5) is 11.5. The molecule has 2 N–H and O–H groups in total. The zero-order valence-electron chi connectivity index (χ0n) is 13.5. The van der Waals surface area contributed by atoms with Gasteiger partial charge in [-0.25, -0.2) is 22.9 Å². The summed E-state index contributed by atoms with van der Waals surface area (Å²) in [5.74, 6) is -0.610. The van der Waals surface area contributed by atoms with E-state index >= 15 is 0 Å². The topological polar surface area (TPSA) is 117 Å². The number of pyridine rings is 1. The van der Waals surface area contributed by atoms with Crippen molar-refractivity contribution in [2.24, 2.45) is 5.14 Å². The molecule has 3 rings (SSSR count). The highest BCUT2D eigenvalue weighted by Gasteiger charge is 2.20. The number of nitrogens with zero attached hydrogens (tertiary/aromatic N) is 3. The zero-order chi connectivity index (χ0) is 19.1. The first kappa shape index (κ1) is 18.2. The largest absolute Gasteiger partial charge is 0.480 e. The number of primary sulfonamides is 1. The maximum absolute atomic E-state index is 14.7. The van der Waals surface area contributed by atoms with Gasteiger partial charge in [0.2, 0.25) is 15.9 Å². The number of halogens is 2. The second kappa shape index (κ2) is 6.63. The maximum atomic E-state index is 14.7. The van der Waals surface area contributed by atoms with Gasteiger partial charge in [0.25, 0.3) is 0 Å². The normalized spacial score (nSPS) is 11.6. The van der Waals surface area contributed by atoms with Crippen molar-refractivity contribution >= 4 is 32.5 Å². The van der Waals surface area contributed by atoms with E-state index in [9.17, 15) is 12.8 Å². The van der Waals surface area contributed by atoms with Crippen LogP contribution in [0.4, 0.5) is 4.39 Å². The van der Waals surface area contributed by atoms with Crippen LogP contribution in [-0.2, 0) is 10.0 Å². The molecule has 0 aliphatic rings. The zero-order valence-corrected chi connectivity index (χ0v) is 15.1. The molecule has 0 spiro atoms. The van der Waals surface area contributed by atoms with E-state index in [-0.39, 0.29) is 27.8 Å². The number of methoxy groups -OCH3 is 2. The van der Waals surface area contributed by atoms with Crippen LogP contribution in [0.15, 0.2) is 29.4 Å². The molecule has 0 fully saturated rings. The molecular weight excluding hydrogens is 387 g/mol. The second-order valence-electron chi connectivity index (χ2n) is 5.11. The molecule has 2 aromatic heterocycles. The fraction of sp³-hybridized carbons (Fsp3) is 0.133. The Hall–Kier alpha value is -2.56. The lowest BCUT2D eigenvalue weighted by Gasteiger charge is -2.11. The first-order chi connectivity index (χ1) is 12.3. The van der Waals surface area contributed by atoms with Crippen molar-refractivity contribution in [3.63, 3.8) is 0 Å². The summed E-state index contributed by atoms with van der Waals surface area (Å²) in [5, 5.41) is 4.57. The van der Waals surface area contributed by atoms with Crippen molar-refractivity contribution < 1.29 is 22.3 Å². The number of benzene rings is 1. The number of aromatic nitrogens is 3. The number of rotatable bonds is 4. The molecular formula is C15H12ClFN4O4S. The summed E-state index contributed by atoms with van der Waals surface area (Å²) in [5.41, 5.74) is 0.888. The summed E-state index contributed by atoms with van der Waals surface area (Å²) in [6, 6.07) is 2.74. The van der Waals surface area contributed by atoms with Gasteiger partial charge in [-0.15, -0.1) is 0 Å². The van der Waals surface area contributed by atoms with E-state index < -0.39 is 20.7 Å². The van der Waals surface area contributed by atoms with Crippen molar-refractivity contribution in [1.29, 1.82) is 0 Å². The molecule has 136 valence electrons. The van der Waals surface area contributed by atoms with Crippen LogP contribution in [0.3, 0.4) is 0 Å². The Morgan fingerprint density at radius 2 is 1.88 bits per heavy atom. The van der Waals surface area contributed by atoms with E-state index in [0.717, 1.165) is 12.3 Å². The van der Waals surface area contributed by atoms with Crippen molar-refractivity contribution in [3.8, 4) is 23.0 Å². The molecule has 8 nitrogen and oxygen atoms in total. The highest BCUT2D eigenvalue weighted by Crippen LogP contribution is 2.35. The smallest absolute Gasteiger partial charge is 0.319 e. The number of fused-ring (bicyclic) bond motifs is 1. The molecule has 2 heterocycles. The summed E-state index contributed by atoms with van der Waals surface area (Å²) >= 11 is 6.02. The van der Waals surface area contributed by atoms with Crippen molar-refractivity contribution in [2.75, 3.05) is 14.2 Å². The minimum absolute atomic E-state index is 0.0887. The van der Waals surface area contributed by atoms with Gasteiger partial charge in [0.15, 0.2) is 0 Å². The number of hydrogen-bond donors (Lipinski definition) is 1. The molecule has 0 amide bonds. The molecule has 0 bridgehead atoms. The number of ether oxygens (including phenoxy) is 2. The van der Waals surface area contributed by atoms with Crippen LogP contribution < -0.4 is 14.6 Å². The molecule has 0 atom stereocenters. The highest BCUT2D eigenvalue weighted by molar-refractivity contribution is 7.89. The van der Waals surface area contributed by atoms with E-state index in [0.29, 0.717) is 11.1 Å². The molecule has 0 unspecified atom stereocenters. The predicted molar refractivity (Wildman–Crippen MR) is 92.2 cm³/mol. The van der Waals surface area contributed by atoms with Gasteiger partial charge in [-0.05, 0) is 17.7 Å². The van der Waals surface area contributed by atoms with Crippen LogP contribution in [0.2, 0.25) is 5.02 Å². The number of sulfonamides is 1. The summed E-state index contributed by atoms with van der Waals surface area (Å²) in [6.07, 6.45) is 2.39. The Morgan fingerprint density at radius 1 is 1.15 bits per heavy atom.